The Bertz CT molecular complexity index is 771. The Labute approximate surface area is 194 Å². The molecule has 1 aromatic heterocycles. The quantitative estimate of drug-likeness (QED) is 0.198. The summed E-state index contributed by atoms with van der Waals surface area (Å²) in [6, 6.07) is 6.80. The summed E-state index contributed by atoms with van der Waals surface area (Å²) in [5.41, 5.74) is 2.58. The van der Waals surface area contributed by atoms with Crippen LogP contribution in [0.1, 0.15) is 48.1 Å². The number of benzene rings is 1. The second-order valence-electron chi connectivity index (χ2n) is 6.12. The number of aryl methyl sites for hydroxylation is 2. The number of aromatic nitrogens is 1. The fourth-order valence-corrected chi connectivity index (χ4v) is 2.80. The molecule has 0 aliphatic rings. The van der Waals surface area contributed by atoms with Gasteiger partial charge in [-0.15, -0.1) is 24.0 Å². The first-order valence-corrected chi connectivity index (χ1v) is 9.99. The van der Waals surface area contributed by atoms with Crippen molar-refractivity contribution in [2.45, 2.75) is 40.2 Å². The van der Waals surface area contributed by atoms with E-state index in [2.05, 4.69) is 33.0 Å². The molecule has 1 amide bonds. The molecule has 0 saturated carbocycles. The van der Waals surface area contributed by atoms with Crippen molar-refractivity contribution in [1.29, 1.82) is 0 Å². The summed E-state index contributed by atoms with van der Waals surface area (Å²) in [6.07, 6.45) is 1.60. The predicted octanol–water partition coefficient (Wildman–Crippen LogP) is 3.56. The summed E-state index contributed by atoms with van der Waals surface area (Å²) >= 11 is 5.84. The van der Waals surface area contributed by atoms with E-state index in [1.54, 1.807) is 24.3 Å². The molecule has 1 heterocycles. The molecular weight excluding hydrogens is 505 g/mol. The van der Waals surface area contributed by atoms with Crippen molar-refractivity contribution >= 4 is 47.4 Å². The SMILES string of the molecule is CCNC(=NCc1c(CC)noc1CC)NCCNC(=O)c1ccc(Cl)cc1.I. The minimum absolute atomic E-state index is 0. The van der Waals surface area contributed by atoms with Gasteiger partial charge in [-0.2, -0.15) is 0 Å². The molecule has 7 nitrogen and oxygen atoms in total. The first-order chi connectivity index (χ1) is 13.6. The third kappa shape index (κ3) is 7.85. The molecule has 0 fully saturated rings. The number of guanidine groups is 1. The van der Waals surface area contributed by atoms with E-state index in [1.165, 1.54) is 0 Å². The zero-order valence-electron chi connectivity index (χ0n) is 17.0. The number of hydrogen-bond acceptors (Lipinski definition) is 4. The van der Waals surface area contributed by atoms with Crippen molar-refractivity contribution in [3.8, 4) is 0 Å². The van der Waals surface area contributed by atoms with Crippen LogP contribution in [0.25, 0.3) is 0 Å². The van der Waals surface area contributed by atoms with Gasteiger partial charge in [-0.25, -0.2) is 4.99 Å². The lowest BCUT2D eigenvalue weighted by molar-refractivity contribution is 0.0954. The lowest BCUT2D eigenvalue weighted by atomic mass is 10.1. The number of halogens is 2. The van der Waals surface area contributed by atoms with E-state index in [9.17, 15) is 4.79 Å². The highest BCUT2D eigenvalue weighted by Gasteiger charge is 2.13. The highest BCUT2D eigenvalue weighted by molar-refractivity contribution is 14.0. The third-order valence-corrected chi connectivity index (χ3v) is 4.41. The highest BCUT2D eigenvalue weighted by Crippen LogP contribution is 2.16. The van der Waals surface area contributed by atoms with E-state index < -0.39 is 0 Å². The molecule has 2 rings (SSSR count). The lowest BCUT2D eigenvalue weighted by Gasteiger charge is -2.12. The molecule has 0 bridgehead atoms. The second-order valence-corrected chi connectivity index (χ2v) is 6.56. The maximum absolute atomic E-state index is 12.1. The number of amides is 1. The van der Waals surface area contributed by atoms with Gasteiger partial charge in [-0.3, -0.25) is 4.79 Å². The molecule has 0 atom stereocenters. The van der Waals surface area contributed by atoms with Gasteiger partial charge in [-0.05, 0) is 37.6 Å². The van der Waals surface area contributed by atoms with Crippen LogP contribution in [0.4, 0.5) is 0 Å². The normalized spacial score (nSPS) is 11.0. The van der Waals surface area contributed by atoms with Crippen molar-refractivity contribution in [2.24, 2.45) is 4.99 Å². The van der Waals surface area contributed by atoms with Crippen LogP contribution in [-0.2, 0) is 19.4 Å². The van der Waals surface area contributed by atoms with Crippen LogP contribution in [0.5, 0.6) is 0 Å². The molecule has 0 saturated heterocycles. The minimum atomic E-state index is -0.134. The van der Waals surface area contributed by atoms with Gasteiger partial charge in [0.2, 0.25) is 0 Å². The third-order valence-electron chi connectivity index (χ3n) is 4.16. The lowest BCUT2D eigenvalue weighted by Crippen LogP contribution is -2.41. The van der Waals surface area contributed by atoms with E-state index >= 15 is 0 Å². The van der Waals surface area contributed by atoms with Gasteiger partial charge in [0, 0.05) is 42.2 Å². The predicted molar refractivity (Wildman–Crippen MR) is 127 cm³/mol. The molecule has 29 heavy (non-hydrogen) atoms. The van der Waals surface area contributed by atoms with Gasteiger partial charge in [0.15, 0.2) is 5.96 Å². The Morgan fingerprint density at radius 2 is 1.76 bits per heavy atom. The zero-order chi connectivity index (χ0) is 20.4. The molecule has 1 aromatic carbocycles. The highest BCUT2D eigenvalue weighted by atomic mass is 127. The number of carbonyl (C=O) groups excluding carboxylic acids is 1. The summed E-state index contributed by atoms with van der Waals surface area (Å²) in [6.45, 7) is 8.37. The van der Waals surface area contributed by atoms with E-state index in [0.717, 1.165) is 36.4 Å². The fourth-order valence-electron chi connectivity index (χ4n) is 2.68. The summed E-state index contributed by atoms with van der Waals surface area (Å²) in [4.78, 5) is 16.7. The van der Waals surface area contributed by atoms with Gasteiger partial charge < -0.3 is 20.5 Å². The molecular formula is C20H29ClIN5O2. The maximum Gasteiger partial charge on any atom is 0.251 e. The van der Waals surface area contributed by atoms with Crippen molar-refractivity contribution in [1.82, 2.24) is 21.1 Å². The average molecular weight is 534 g/mol. The molecule has 9 heteroatoms. The Morgan fingerprint density at radius 3 is 2.38 bits per heavy atom. The summed E-state index contributed by atoms with van der Waals surface area (Å²) in [7, 11) is 0. The number of nitrogens with zero attached hydrogens (tertiary/aromatic N) is 2. The van der Waals surface area contributed by atoms with Gasteiger partial charge in [0.1, 0.15) is 5.76 Å². The van der Waals surface area contributed by atoms with Crippen molar-refractivity contribution in [3.63, 3.8) is 0 Å². The maximum atomic E-state index is 12.1. The molecule has 2 aromatic rings. The molecule has 160 valence electrons. The summed E-state index contributed by atoms with van der Waals surface area (Å²) < 4.78 is 5.39. The van der Waals surface area contributed by atoms with Gasteiger partial charge in [0.25, 0.3) is 5.91 Å². The van der Waals surface area contributed by atoms with E-state index in [4.69, 9.17) is 16.1 Å². The van der Waals surface area contributed by atoms with Crippen LogP contribution in [0, 0.1) is 0 Å². The van der Waals surface area contributed by atoms with Crippen molar-refractivity contribution < 1.29 is 9.32 Å². The Morgan fingerprint density at radius 1 is 1.07 bits per heavy atom. The fraction of sp³-hybridized carbons (Fsp3) is 0.450. The van der Waals surface area contributed by atoms with E-state index in [-0.39, 0.29) is 29.9 Å². The van der Waals surface area contributed by atoms with Crippen LogP contribution >= 0.6 is 35.6 Å². The van der Waals surface area contributed by atoms with Crippen LogP contribution < -0.4 is 16.0 Å². The first-order valence-electron chi connectivity index (χ1n) is 9.61. The van der Waals surface area contributed by atoms with Crippen LogP contribution in [0.3, 0.4) is 0 Å². The first kappa shape index (κ1) is 25.2. The van der Waals surface area contributed by atoms with Crippen LogP contribution in [-0.4, -0.2) is 36.7 Å². The Balaban J connectivity index is 0.00000420. The van der Waals surface area contributed by atoms with Crippen molar-refractivity contribution in [2.75, 3.05) is 19.6 Å². The monoisotopic (exact) mass is 533 g/mol. The van der Waals surface area contributed by atoms with Crippen LogP contribution in [0.2, 0.25) is 5.02 Å². The number of nitrogens with one attached hydrogen (secondary N) is 3. The number of aliphatic imine (C=N–C) groups is 1. The van der Waals surface area contributed by atoms with Gasteiger partial charge in [-0.1, -0.05) is 30.6 Å². The van der Waals surface area contributed by atoms with Crippen LogP contribution in [0.15, 0.2) is 33.8 Å². The summed E-state index contributed by atoms with van der Waals surface area (Å²) in [5, 5.41) is 14.0. The Hall–Kier alpha value is -1.81. The van der Waals surface area contributed by atoms with Crippen molar-refractivity contribution in [3.05, 3.63) is 51.9 Å². The zero-order valence-corrected chi connectivity index (χ0v) is 20.1. The molecule has 0 spiro atoms. The molecule has 3 N–H and O–H groups in total. The average Bonchev–Trinajstić information content (AvgIpc) is 3.11. The number of rotatable bonds is 9. The molecule has 0 radical (unpaired) electrons. The largest absolute Gasteiger partial charge is 0.361 e. The van der Waals surface area contributed by atoms with E-state index in [1.807, 2.05) is 13.8 Å². The number of carbonyl (C=O) groups is 1. The van der Waals surface area contributed by atoms with E-state index in [0.29, 0.717) is 36.2 Å². The molecule has 0 aliphatic heterocycles. The second kappa shape index (κ2) is 13.4. The topological polar surface area (TPSA) is 91.6 Å². The van der Waals surface area contributed by atoms with Gasteiger partial charge in [0.05, 0.1) is 12.2 Å². The number of hydrogen-bond donors (Lipinski definition) is 3. The standard InChI is InChI=1S/C20H28ClN5O2.HI/c1-4-17-16(18(5-2)28-26-17)13-25-20(22-6-3)24-12-11-23-19(27)14-7-9-15(21)10-8-14;/h7-10H,4-6,11-13H2,1-3H3,(H,23,27)(H2,22,24,25);1H. The van der Waals surface area contributed by atoms with Gasteiger partial charge >= 0.3 is 0 Å². The smallest absolute Gasteiger partial charge is 0.251 e. The minimum Gasteiger partial charge on any atom is -0.361 e. The molecule has 0 aliphatic carbocycles. The molecule has 0 unspecified atom stereocenters. The Kier molecular flexibility index (Phi) is 11.7. The summed E-state index contributed by atoms with van der Waals surface area (Å²) in [5.74, 6) is 1.44.